The van der Waals surface area contributed by atoms with Gasteiger partial charge in [0.05, 0.1) is 5.41 Å². The van der Waals surface area contributed by atoms with Gasteiger partial charge in [0.2, 0.25) is 0 Å². The summed E-state index contributed by atoms with van der Waals surface area (Å²) in [6.07, 6.45) is 1.45. The molecule has 1 rings (SSSR count). The van der Waals surface area contributed by atoms with Crippen molar-refractivity contribution in [2.45, 2.75) is 58.7 Å². The molecule has 0 aliphatic heterocycles. The highest BCUT2D eigenvalue weighted by molar-refractivity contribution is 7.89. The van der Waals surface area contributed by atoms with Crippen LogP contribution in [0.2, 0.25) is 0 Å². The Balaban J connectivity index is 3.18. The van der Waals surface area contributed by atoms with Crippen LogP contribution in [0.1, 0.15) is 40.4 Å². The largest absolute Gasteiger partial charge is 0.481 e. The summed E-state index contributed by atoms with van der Waals surface area (Å²) in [6.45, 7) is 10.3. The van der Waals surface area contributed by atoms with E-state index < -0.39 is 26.9 Å². The number of carboxylic acid groups (broad SMARTS) is 1. The van der Waals surface area contributed by atoms with Crippen LogP contribution in [0.15, 0.2) is 11.2 Å². The van der Waals surface area contributed by atoms with Gasteiger partial charge in [-0.25, -0.2) is 18.1 Å². The third-order valence-corrected chi connectivity index (χ3v) is 5.58. The highest BCUT2D eigenvalue weighted by Crippen LogP contribution is 2.32. The Labute approximate surface area is 125 Å². The van der Waals surface area contributed by atoms with Crippen molar-refractivity contribution in [3.05, 3.63) is 12.0 Å². The molecule has 0 unspecified atom stereocenters. The van der Waals surface area contributed by atoms with Gasteiger partial charge in [-0.15, -0.1) is 0 Å². The van der Waals surface area contributed by atoms with Crippen LogP contribution < -0.4 is 4.72 Å². The Hall–Kier alpha value is -1.41. The second kappa shape index (κ2) is 5.42. The molecule has 0 aliphatic carbocycles. The number of aryl methyl sites for hydroxylation is 2. The van der Waals surface area contributed by atoms with Gasteiger partial charge in [-0.3, -0.25) is 4.79 Å². The van der Waals surface area contributed by atoms with E-state index in [0.29, 0.717) is 12.4 Å². The van der Waals surface area contributed by atoms with Crippen LogP contribution in [0, 0.1) is 12.3 Å². The lowest BCUT2D eigenvalue weighted by Crippen LogP contribution is -2.56. The van der Waals surface area contributed by atoms with Crippen LogP contribution in [0.3, 0.4) is 0 Å². The first kappa shape index (κ1) is 17.6. The molecule has 1 aromatic heterocycles. The molecule has 0 aliphatic rings. The second-order valence-corrected chi connectivity index (χ2v) is 7.70. The van der Waals surface area contributed by atoms with E-state index in [2.05, 4.69) is 9.71 Å². The number of nitrogens with one attached hydrogen (secondary N) is 1. The molecule has 0 fully saturated rings. The van der Waals surface area contributed by atoms with Gasteiger partial charge in [0, 0.05) is 18.3 Å². The van der Waals surface area contributed by atoms with Gasteiger partial charge in [-0.05, 0) is 41.5 Å². The number of rotatable bonds is 6. The quantitative estimate of drug-likeness (QED) is 0.825. The molecule has 0 amide bonds. The van der Waals surface area contributed by atoms with E-state index in [1.807, 2.05) is 6.92 Å². The zero-order valence-corrected chi connectivity index (χ0v) is 14.1. The Morgan fingerprint density at radius 1 is 1.38 bits per heavy atom. The Morgan fingerprint density at radius 2 is 1.90 bits per heavy atom. The molecule has 0 atom stereocenters. The maximum atomic E-state index is 12.4. The molecule has 0 radical (unpaired) electrons. The van der Waals surface area contributed by atoms with Gasteiger partial charge in [0.1, 0.15) is 5.82 Å². The normalized spacial score (nSPS) is 13.4. The number of hydrogen-bond donors (Lipinski definition) is 2. The fourth-order valence-electron chi connectivity index (χ4n) is 1.71. The van der Waals surface area contributed by atoms with E-state index in [1.165, 1.54) is 20.0 Å². The predicted molar refractivity (Wildman–Crippen MR) is 78.5 cm³/mol. The molecule has 2 N–H and O–H groups in total. The number of imidazole rings is 1. The molecule has 0 saturated carbocycles. The molecule has 7 nitrogen and oxygen atoms in total. The minimum Gasteiger partial charge on any atom is -0.481 e. The number of carboxylic acids is 1. The first-order valence-corrected chi connectivity index (χ1v) is 8.14. The van der Waals surface area contributed by atoms with E-state index in [4.69, 9.17) is 0 Å². The van der Waals surface area contributed by atoms with Crippen molar-refractivity contribution in [1.82, 2.24) is 14.3 Å². The van der Waals surface area contributed by atoms with Crippen LogP contribution >= 0.6 is 0 Å². The summed E-state index contributed by atoms with van der Waals surface area (Å²) in [6, 6.07) is 0. The van der Waals surface area contributed by atoms with Gasteiger partial charge in [0.25, 0.3) is 10.0 Å². The average molecular weight is 317 g/mol. The summed E-state index contributed by atoms with van der Waals surface area (Å²) < 4.78 is 29.0. The summed E-state index contributed by atoms with van der Waals surface area (Å²) >= 11 is 0. The van der Waals surface area contributed by atoms with E-state index in [0.717, 1.165) is 0 Å². The summed E-state index contributed by atoms with van der Waals surface area (Å²) in [7, 11) is -3.89. The molecule has 21 heavy (non-hydrogen) atoms. The van der Waals surface area contributed by atoms with Crippen molar-refractivity contribution >= 4 is 16.0 Å². The third kappa shape index (κ3) is 3.26. The summed E-state index contributed by atoms with van der Waals surface area (Å²) in [5.74, 6) is -0.487. The molecule has 120 valence electrons. The van der Waals surface area contributed by atoms with Crippen molar-refractivity contribution in [2.75, 3.05) is 0 Å². The smallest absolute Gasteiger partial charge is 0.310 e. The molecule has 8 heteroatoms. The van der Waals surface area contributed by atoms with Crippen molar-refractivity contribution in [3.8, 4) is 0 Å². The Bertz CT molecular complexity index is 644. The summed E-state index contributed by atoms with van der Waals surface area (Å²) in [5, 5.41) is 9.18. The monoisotopic (exact) mass is 317 g/mol. The minimum absolute atomic E-state index is 0.101. The lowest BCUT2D eigenvalue weighted by molar-refractivity contribution is -0.150. The first-order valence-electron chi connectivity index (χ1n) is 6.66. The highest BCUT2D eigenvalue weighted by atomic mass is 32.2. The molecule has 0 aromatic carbocycles. The Kier molecular flexibility index (Phi) is 4.55. The predicted octanol–water partition coefficient (Wildman–Crippen LogP) is 1.38. The number of carbonyl (C=O) groups is 1. The standard InChI is InChI=1S/C13H23N3O4S/c1-7-16-8-10(14-9(16)2)21(19,20)15-13(5,6)12(3,4)11(17)18/h8,15H,7H2,1-6H3,(H,17,18). The lowest BCUT2D eigenvalue weighted by atomic mass is 9.75. The molecule has 0 saturated heterocycles. The van der Waals surface area contributed by atoms with Gasteiger partial charge in [-0.1, -0.05) is 0 Å². The average Bonchev–Trinajstić information content (AvgIpc) is 2.69. The summed E-state index contributed by atoms with van der Waals surface area (Å²) in [4.78, 5) is 15.4. The summed E-state index contributed by atoms with van der Waals surface area (Å²) in [5.41, 5.74) is -2.45. The van der Waals surface area contributed by atoms with Gasteiger partial charge in [-0.2, -0.15) is 0 Å². The van der Waals surface area contributed by atoms with Crippen LogP contribution in [0.5, 0.6) is 0 Å². The highest BCUT2D eigenvalue weighted by Gasteiger charge is 2.46. The van der Waals surface area contributed by atoms with Gasteiger partial charge < -0.3 is 9.67 Å². The Morgan fingerprint density at radius 3 is 2.29 bits per heavy atom. The SMILES string of the molecule is CCn1cc(S(=O)(=O)NC(C)(C)C(C)(C)C(=O)O)nc1C. The molecule has 1 heterocycles. The molecule has 1 aromatic rings. The van der Waals surface area contributed by atoms with E-state index >= 15 is 0 Å². The van der Waals surface area contributed by atoms with E-state index in [9.17, 15) is 18.3 Å². The fraction of sp³-hybridized carbons (Fsp3) is 0.692. The molecule has 0 spiro atoms. The maximum Gasteiger partial charge on any atom is 0.310 e. The number of aliphatic carboxylic acids is 1. The van der Waals surface area contributed by atoms with Crippen molar-refractivity contribution in [1.29, 1.82) is 0 Å². The van der Waals surface area contributed by atoms with Crippen molar-refractivity contribution in [2.24, 2.45) is 5.41 Å². The zero-order valence-electron chi connectivity index (χ0n) is 13.3. The zero-order chi connectivity index (χ0) is 16.6. The molecular formula is C13H23N3O4S. The number of aromatic nitrogens is 2. The molecular weight excluding hydrogens is 294 g/mol. The van der Waals surface area contributed by atoms with Crippen molar-refractivity contribution in [3.63, 3.8) is 0 Å². The van der Waals surface area contributed by atoms with Gasteiger partial charge >= 0.3 is 5.97 Å². The van der Waals surface area contributed by atoms with Crippen LogP contribution in [0.4, 0.5) is 0 Å². The second-order valence-electron chi connectivity index (χ2n) is 6.07. The maximum absolute atomic E-state index is 12.4. The van der Waals surface area contributed by atoms with Crippen LogP contribution in [-0.4, -0.2) is 34.6 Å². The number of hydrogen-bond acceptors (Lipinski definition) is 4. The van der Waals surface area contributed by atoms with Crippen LogP contribution in [-0.2, 0) is 21.4 Å². The topological polar surface area (TPSA) is 101 Å². The fourth-order valence-corrected chi connectivity index (χ4v) is 3.26. The van der Waals surface area contributed by atoms with E-state index in [-0.39, 0.29) is 5.03 Å². The first-order chi connectivity index (χ1) is 9.35. The number of sulfonamides is 1. The molecule has 0 bridgehead atoms. The lowest BCUT2D eigenvalue weighted by Gasteiger charge is -2.38. The van der Waals surface area contributed by atoms with Gasteiger partial charge in [0.15, 0.2) is 5.03 Å². The van der Waals surface area contributed by atoms with Crippen LogP contribution in [0.25, 0.3) is 0 Å². The third-order valence-electron chi connectivity index (χ3n) is 4.06. The minimum atomic E-state index is -3.89. The van der Waals surface area contributed by atoms with E-state index in [1.54, 1.807) is 25.3 Å². The number of nitrogens with zero attached hydrogens (tertiary/aromatic N) is 2. The van der Waals surface area contributed by atoms with Crippen molar-refractivity contribution < 1.29 is 18.3 Å².